The summed E-state index contributed by atoms with van der Waals surface area (Å²) in [6, 6.07) is -3.45. The van der Waals surface area contributed by atoms with Crippen LogP contribution in [-0.4, -0.2) is 368 Å². The van der Waals surface area contributed by atoms with Gasteiger partial charge in [0.05, 0.1) is 165 Å². The third-order valence-electron chi connectivity index (χ3n) is 15.5. The summed E-state index contributed by atoms with van der Waals surface area (Å²) in [5.74, 6) is -8.10. The maximum atomic E-state index is 12.9. The fraction of sp³-hybridized carbons (Fsp3) is 0.883. The number of carbonyl (C=O) groups is 7. The molecule has 0 saturated carbocycles. The van der Waals surface area contributed by atoms with Crippen LogP contribution in [0.3, 0.4) is 0 Å². The predicted octanol–water partition coefficient (Wildman–Crippen LogP) is -9.48. The Hall–Kier alpha value is -4.71. The van der Waals surface area contributed by atoms with E-state index in [-0.39, 0.29) is 178 Å². The summed E-state index contributed by atoms with van der Waals surface area (Å²) in [4.78, 5) is 86.6. The summed E-state index contributed by atoms with van der Waals surface area (Å²) in [5, 5.41) is 110. The molecule has 39 heteroatoms. The number of rotatable bonds is 53. The first kappa shape index (κ1) is 88.5. The Labute approximate surface area is 574 Å². The molecule has 3 saturated heterocycles. The summed E-state index contributed by atoms with van der Waals surface area (Å²) in [6.45, 7) is 6.23. The van der Waals surface area contributed by atoms with Crippen LogP contribution in [0.2, 0.25) is 0 Å². The highest BCUT2D eigenvalue weighted by Gasteiger charge is 2.55. The maximum Gasteiger partial charge on any atom is 0.234 e. The standard InChI is InChI=1S/C60H110N8O31/c1-38(72)65-54-51(82)48(79)41(32-69)97-57(54,4)94-28-25-88-22-19-85-16-10-62-44(75)7-13-91-35-60(68-47(78)31-61,36-92-14-8-45(76)63-11-17-86-20-23-89-26-29-95-58(5)55(66-39(2)73)52(83)49(80)42(33-70)98-58)37-93-15-9-46(77)64-12-18-87-21-24-90-27-30-96-59(6)56(67-40(3)74)53(84)50(81)43(34-71)99-59/h41-43,48-56,69-71,79-84H,7-37,61H2,1-6H3,(H,62,75)(H,63,76)(H,64,77)(H,65,72)(H,66,73)(H,67,74)(H,68,78)/t41?,42?,43?,48-,49-,50-,51-,52-,53-,54?,55?,56?,57-,58-,59-,60?/m0/s1. The molecule has 0 aromatic rings. The molecule has 15 atom stereocenters. The Balaban J connectivity index is 1.42. The molecule has 7 amide bonds. The Morgan fingerprint density at radius 1 is 0.374 bits per heavy atom. The fourth-order valence-corrected chi connectivity index (χ4v) is 10.4. The van der Waals surface area contributed by atoms with Crippen LogP contribution in [0.25, 0.3) is 0 Å². The number of hydrogen-bond donors (Lipinski definition) is 17. The van der Waals surface area contributed by atoms with E-state index in [0.29, 0.717) is 0 Å². The summed E-state index contributed by atoms with van der Waals surface area (Å²) in [6.07, 6.45) is -12.7. The van der Waals surface area contributed by atoms with Crippen molar-refractivity contribution in [3.8, 4) is 0 Å². The van der Waals surface area contributed by atoms with Gasteiger partial charge in [-0.05, 0) is 20.8 Å². The molecule has 0 radical (unpaired) electrons. The van der Waals surface area contributed by atoms with E-state index in [9.17, 15) is 79.5 Å². The number of aliphatic hydroxyl groups excluding tert-OH is 9. The lowest BCUT2D eigenvalue weighted by molar-refractivity contribution is -0.329. The van der Waals surface area contributed by atoms with E-state index in [4.69, 9.17) is 76.8 Å². The van der Waals surface area contributed by atoms with Crippen LogP contribution in [-0.2, 0) is 105 Å². The Bertz CT molecular complexity index is 2120. The molecule has 0 aliphatic carbocycles. The molecular formula is C60H110N8O31. The van der Waals surface area contributed by atoms with E-state index < -0.39 is 164 Å². The van der Waals surface area contributed by atoms with Gasteiger partial charge in [0, 0.05) is 59.7 Å². The first-order valence-corrected chi connectivity index (χ1v) is 32.8. The quantitative estimate of drug-likeness (QED) is 0.0252. The maximum absolute atomic E-state index is 12.9. The average Bonchev–Trinajstić information content (AvgIpc) is 0.790. The SMILES string of the molecule is CC(=O)NC1[C@@H](O)[C@@H](O)C(CO)O[C@]1(C)OCCOCCOCCNC(=O)CCOCC(COCCC(=O)NCCOCCOCCO[C@@]1(C)OC(CO)[C@H](O)[C@H](O)C1NC(C)=O)(COCCC(=O)NCCOCCOCCO[C@@]1(C)OC(CO)[C@H](O)[C@H](O)C1NC(C)=O)NC(=O)CN. The van der Waals surface area contributed by atoms with Crippen LogP contribution in [0.15, 0.2) is 0 Å². The minimum atomic E-state index is -1.60. The van der Waals surface area contributed by atoms with Crippen molar-refractivity contribution in [1.29, 1.82) is 0 Å². The van der Waals surface area contributed by atoms with E-state index in [1.165, 1.54) is 41.5 Å². The third-order valence-corrected chi connectivity index (χ3v) is 15.5. The molecule has 3 rings (SSSR count). The third kappa shape index (κ3) is 32.2. The highest BCUT2D eigenvalue weighted by molar-refractivity contribution is 5.79. The van der Waals surface area contributed by atoms with Crippen molar-refractivity contribution >= 4 is 41.4 Å². The van der Waals surface area contributed by atoms with Gasteiger partial charge in [0.25, 0.3) is 0 Å². The lowest BCUT2D eigenvalue weighted by Gasteiger charge is -2.48. The monoisotopic (exact) mass is 1440 g/mol. The van der Waals surface area contributed by atoms with E-state index in [2.05, 4.69) is 37.2 Å². The van der Waals surface area contributed by atoms with Crippen LogP contribution in [0, 0.1) is 0 Å². The largest absolute Gasteiger partial charge is 0.394 e. The highest BCUT2D eigenvalue weighted by Crippen LogP contribution is 2.34. The van der Waals surface area contributed by atoms with Gasteiger partial charge in [-0.2, -0.15) is 0 Å². The second kappa shape index (κ2) is 47.5. The van der Waals surface area contributed by atoms with Crippen molar-refractivity contribution in [2.45, 2.75) is 157 Å². The van der Waals surface area contributed by atoms with Gasteiger partial charge in [-0.3, -0.25) is 33.6 Å². The summed E-state index contributed by atoms with van der Waals surface area (Å²) in [5.41, 5.74) is 4.26. The van der Waals surface area contributed by atoms with Gasteiger partial charge >= 0.3 is 0 Å². The first-order chi connectivity index (χ1) is 47.1. The van der Waals surface area contributed by atoms with Crippen molar-refractivity contribution in [2.24, 2.45) is 5.73 Å². The van der Waals surface area contributed by atoms with E-state index in [1.54, 1.807) is 0 Å². The Morgan fingerprint density at radius 2 is 0.626 bits per heavy atom. The number of aliphatic hydroxyl groups is 9. The molecule has 0 aromatic heterocycles. The smallest absolute Gasteiger partial charge is 0.234 e. The number of hydrogen-bond acceptors (Lipinski definition) is 32. The Morgan fingerprint density at radius 3 is 0.869 bits per heavy atom. The minimum absolute atomic E-state index is 0.0508. The van der Waals surface area contributed by atoms with E-state index in [1.807, 2.05) is 0 Å². The highest BCUT2D eigenvalue weighted by atomic mass is 16.7. The van der Waals surface area contributed by atoms with Gasteiger partial charge in [-0.15, -0.1) is 0 Å². The zero-order chi connectivity index (χ0) is 73.4. The lowest BCUT2D eigenvalue weighted by atomic mass is 9.91. The number of nitrogens with two attached hydrogens (primary N) is 1. The van der Waals surface area contributed by atoms with E-state index in [0.717, 1.165) is 0 Å². The zero-order valence-corrected chi connectivity index (χ0v) is 57.4. The second-order valence-corrected chi connectivity index (χ2v) is 23.8. The first-order valence-electron chi connectivity index (χ1n) is 32.8. The summed E-state index contributed by atoms with van der Waals surface area (Å²) in [7, 11) is 0. The number of carbonyl (C=O) groups excluding carboxylic acids is 7. The second-order valence-electron chi connectivity index (χ2n) is 23.8. The molecule has 99 heavy (non-hydrogen) atoms. The Kier molecular flexibility index (Phi) is 42.5. The number of amides is 7. The van der Waals surface area contributed by atoms with E-state index >= 15 is 0 Å². The number of ether oxygens (including phenoxy) is 15. The summed E-state index contributed by atoms with van der Waals surface area (Å²) < 4.78 is 85.4. The molecule has 3 aliphatic heterocycles. The van der Waals surface area contributed by atoms with Gasteiger partial charge in [-0.1, -0.05) is 0 Å². The molecule has 39 nitrogen and oxygen atoms in total. The van der Waals surface area contributed by atoms with Crippen LogP contribution < -0.4 is 43.0 Å². The molecule has 0 spiro atoms. The molecule has 3 heterocycles. The van der Waals surface area contributed by atoms with Gasteiger partial charge in [0.2, 0.25) is 41.4 Å². The van der Waals surface area contributed by atoms with Gasteiger partial charge in [0.15, 0.2) is 17.4 Å². The predicted molar refractivity (Wildman–Crippen MR) is 338 cm³/mol. The number of nitrogens with one attached hydrogen (secondary N) is 7. The molecular weight excluding hydrogens is 1330 g/mol. The van der Waals surface area contributed by atoms with Crippen LogP contribution in [0.4, 0.5) is 0 Å². The molecule has 3 aliphatic rings. The average molecular weight is 1440 g/mol. The fourth-order valence-electron chi connectivity index (χ4n) is 10.4. The van der Waals surface area contributed by atoms with Crippen LogP contribution in [0.5, 0.6) is 0 Å². The molecule has 0 bridgehead atoms. The van der Waals surface area contributed by atoms with Gasteiger partial charge in [-0.25, -0.2) is 0 Å². The van der Waals surface area contributed by atoms with Crippen molar-refractivity contribution in [3.05, 3.63) is 0 Å². The molecule has 0 aromatic carbocycles. The molecule has 3 fully saturated rings. The molecule has 576 valence electrons. The van der Waals surface area contributed by atoms with Crippen molar-refractivity contribution in [2.75, 3.05) is 185 Å². The van der Waals surface area contributed by atoms with Crippen LogP contribution in [0.1, 0.15) is 60.8 Å². The minimum Gasteiger partial charge on any atom is -0.394 e. The zero-order valence-electron chi connectivity index (χ0n) is 57.4. The topological polar surface area (TPSA) is 550 Å². The summed E-state index contributed by atoms with van der Waals surface area (Å²) >= 11 is 0. The van der Waals surface area contributed by atoms with Crippen molar-refractivity contribution in [1.82, 2.24) is 37.2 Å². The van der Waals surface area contributed by atoms with Crippen molar-refractivity contribution in [3.63, 3.8) is 0 Å². The lowest BCUT2D eigenvalue weighted by Crippen LogP contribution is -2.70. The normalized spacial score (nSPS) is 28.3. The van der Waals surface area contributed by atoms with Gasteiger partial charge < -0.3 is 160 Å². The van der Waals surface area contributed by atoms with Crippen molar-refractivity contribution < 1.29 is 151 Å². The molecule has 6 unspecified atom stereocenters. The van der Waals surface area contributed by atoms with Gasteiger partial charge in [0.1, 0.15) is 78.6 Å². The van der Waals surface area contributed by atoms with Crippen LogP contribution >= 0.6 is 0 Å². The molecule has 18 N–H and O–H groups in total.